The molecule has 2 saturated carbocycles. The average molecular weight is 521 g/mol. The van der Waals surface area contributed by atoms with E-state index in [1.54, 1.807) is 0 Å². The summed E-state index contributed by atoms with van der Waals surface area (Å²) >= 11 is 0. The van der Waals surface area contributed by atoms with Gasteiger partial charge >= 0.3 is 6.18 Å². The number of fused-ring (bicyclic) bond motifs is 1. The van der Waals surface area contributed by atoms with Gasteiger partial charge in [-0.25, -0.2) is 17.2 Å². The van der Waals surface area contributed by atoms with E-state index in [2.05, 4.69) is 10.1 Å². The van der Waals surface area contributed by atoms with E-state index in [-0.39, 0.29) is 47.6 Å². The predicted molar refractivity (Wildman–Crippen MR) is 108 cm³/mol. The Morgan fingerprint density at radius 2 is 1.97 bits per heavy atom. The molecule has 3 unspecified atom stereocenters. The molecular formula is C21H20F5N3O5S. The van der Waals surface area contributed by atoms with Crippen molar-refractivity contribution in [3.05, 3.63) is 35.5 Å². The van der Waals surface area contributed by atoms with Gasteiger partial charge in [-0.1, -0.05) is 5.16 Å². The molecule has 14 heteroatoms. The van der Waals surface area contributed by atoms with Crippen molar-refractivity contribution in [3.63, 3.8) is 0 Å². The second-order valence-electron chi connectivity index (χ2n) is 9.45. The summed E-state index contributed by atoms with van der Waals surface area (Å²) in [6, 6.07) is 3.09. The number of carbonyl (C=O) groups excluding carboxylic acids is 1. The molecular weight excluding hydrogens is 501 g/mol. The van der Waals surface area contributed by atoms with Gasteiger partial charge in [0, 0.05) is 25.8 Å². The molecule has 0 bridgehead atoms. The van der Waals surface area contributed by atoms with Crippen molar-refractivity contribution in [3.8, 4) is 5.75 Å². The van der Waals surface area contributed by atoms with Gasteiger partial charge in [-0.15, -0.1) is 0 Å². The van der Waals surface area contributed by atoms with Gasteiger partial charge in [0.05, 0.1) is 15.9 Å². The van der Waals surface area contributed by atoms with E-state index in [1.165, 1.54) is 4.90 Å². The number of carbonyl (C=O) groups is 1. The highest BCUT2D eigenvalue weighted by atomic mass is 32.2. The molecule has 1 saturated heterocycles. The topological polar surface area (TPSA) is 103 Å². The largest absolute Gasteiger partial charge is 0.480 e. The summed E-state index contributed by atoms with van der Waals surface area (Å²) in [5.74, 6) is -5.16. The van der Waals surface area contributed by atoms with Crippen LogP contribution in [0.2, 0.25) is 0 Å². The van der Waals surface area contributed by atoms with Crippen LogP contribution < -0.4 is 4.74 Å². The Balaban J connectivity index is 1.40. The maximum atomic E-state index is 13.3. The summed E-state index contributed by atoms with van der Waals surface area (Å²) < 4.78 is 99.9. The summed E-state index contributed by atoms with van der Waals surface area (Å²) in [5, 5.41) is 3.85. The maximum Gasteiger partial charge on any atom is 0.425 e. The number of hydrogen-bond donors (Lipinski definition) is 0. The molecule has 5 rings (SSSR count). The van der Waals surface area contributed by atoms with Crippen molar-refractivity contribution in [2.45, 2.75) is 54.2 Å². The van der Waals surface area contributed by atoms with E-state index in [4.69, 9.17) is 9.26 Å². The molecule has 1 aromatic heterocycles. The highest BCUT2D eigenvalue weighted by Gasteiger charge is 2.66. The molecule has 2 aliphatic carbocycles. The van der Waals surface area contributed by atoms with Crippen LogP contribution in [-0.4, -0.2) is 66.9 Å². The summed E-state index contributed by atoms with van der Waals surface area (Å²) in [7, 11) is -3.76. The van der Waals surface area contributed by atoms with E-state index >= 15 is 0 Å². The third kappa shape index (κ3) is 4.15. The fourth-order valence-corrected chi connectivity index (χ4v) is 5.13. The third-order valence-electron chi connectivity index (χ3n) is 6.82. The van der Waals surface area contributed by atoms with Crippen molar-refractivity contribution < 1.29 is 44.4 Å². The van der Waals surface area contributed by atoms with Crippen LogP contribution in [-0.2, 0) is 15.3 Å². The lowest BCUT2D eigenvalue weighted by Crippen LogP contribution is -2.35. The van der Waals surface area contributed by atoms with Crippen molar-refractivity contribution >= 4 is 15.7 Å². The minimum atomic E-state index is -4.70. The summed E-state index contributed by atoms with van der Waals surface area (Å²) in [6.07, 6.45) is -5.81. The second kappa shape index (κ2) is 7.37. The van der Waals surface area contributed by atoms with Crippen LogP contribution in [0.4, 0.5) is 22.0 Å². The number of nitrogens with zero attached hydrogens (tertiary/aromatic N) is 3. The van der Waals surface area contributed by atoms with Gasteiger partial charge in [0.2, 0.25) is 5.89 Å². The Labute approximate surface area is 196 Å². The number of rotatable bonds is 6. The Kier molecular flexibility index (Phi) is 5.04. The molecule has 0 N–H and O–H groups in total. The quantitative estimate of drug-likeness (QED) is 0.538. The Bertz CT molecular complexity index is 1310. The second-order valence-corrected chi connectivity index (χ2v) is 11.5. The van der Waals surface area contributed by atoms with Crippen LogP contribution in [0.3, 0.4) is 0 Å². The lowest BCUT2D eigenvalue weighted by atomic mass is 10.1. The number of benzene rings is 1. The van der Waals surface area contributed by atoms with Gasteiger partial charge in [0.1, 0.15) is 11.7 Å². The van der Waals surface area contributed by atoms with E-state index < -0.39 is 51.0 Å². The number of sulfone groups is 1. The summed E-state index contributed by atoms with van der Waals surface area (Å²) in [6.45, 7) is 1.06. The first-order valence-electron chi connectivity index (χ1n) is 10.7. The predicted octanol–water partition coefficient (Wildman–Crippen LogP) is 3.34. The fraction of sp³-hybridized carbons (Fsp3) is 0.571. The molecule has 4 atom stereocenters. The molecule has 8 nitrogen and oxygen atoms in total. The monoisotopic (exact) mass is 521 g/mol. The maximum absolute atomic E-state index is 13.3. The highest BCUT2D eigenvalue weighted by molar-refractivity contribution is 7.90. The van der Waals surface area contributed by atoms with Crippen LogP contribution in [0.15, 0.2) is 27.6 Å². The SMILES string of the molecule is C[C@@H](Oc1ccc(S(C)(=O)=O)cc1C(=O)N1CC2CC2(c2noc(C3CC3(F)F)n2)C1)C(F)(F)F. The molecule has 35 heavy (non-hydrogen) atoms. The van der Waals surface area contributed by atoms with Crippen LogP contribution in [0.1, 0.15) is 47.8 Å². The molecule has 3 fully saturated rings. The number of amides is 1. The number of hydrogen-bond acceptors (Lipinski definition) is 7. The normalized spacial score (nSPS) is 27.9. The zero-order valence-corrected chi connectivity index (χ0v) is 19.3. The molecule has 0 spiro atoms. The van der Waals surface area contributed by atoms with Gasteiger partial charge in [0.15, 0.2) is 21.8 Å². The molecule has 2 heterocycles. The molecule has 190 valence electrons. The van der Waals surface area contributed by atoms with Crippen molar-refractivity contribution in [1.29, 1.82) is 0 Å². The molecule has 3 aliphatic rings. The minimum Gasteiger partial charge on any atom is -0.480 e. The minimum absolute atomic E-state index is 0.0773. The third-order valence-corrected chi connectivity index (χ3v) is 7.93. The lowest BCUT2D eigenvalue weighted by Gasteiger charge is -2.24. The molecule has 2 aromatic rings. The van der Waals surface area contributed by atoms with Crippen LogP contribution in [0.25, 0.3) is 0 Å². The number of aromatic nitrogens is 2. The highest BCUT2D eigenvalue weighted by Crippen LogP contribution is 2.60. The van der Waals surface area contributed by atoms with Crippen LogP contribution in [0, 0.1) is 5.92 Å². The van der Waals surface area contributed by atoms with Crippen LogP contribution in [0.5, 0.6) is 5.75 Å². The lowest BCUT2D eigenvalue weighted by molar-refractivity contribution is -0.189. The van der Waals surface area contributed by atoms with Gasteiger partial charge in [-0.2, -0.15) is 18.2 Å². The number of likely N-dealkylation sites (tertiary alicyclic amines) is 1. The van der Waals surface area contributed by atoms with Crippen LogP contribution >= 0.6 is 0 Å². The van der Waals surface area contributed by atoms with E-state index in [0.29, 0.717) is 6.42 Å². The Morgan fingerprint density at radius 1 is 1.29 bits per heavy atom. The van der Waals surface area contributed by atoms with Gasteiger partial charge in [-0.3, -0.25) is 4.79 Å². The zero-order valence-electron chi connectivity index (χ0n) is 18.5. The number of ether oxygens (including phenoxy) is 1. The van der Waals surface area contributed by atoms with E-state index in [9.17, 15) is 35.2 Å². The molecule has 1 aromatic carbocycles. The standard InChI is InChI=1S/C21H20F5N3O5S/c1-10(21(24,25)26)33-15-4-3-12(35(2,31)32)5-13(15)17(30)29-8-11-6-19(11,9-29)18-27-16(34-28-18)14-7-20(14,22)23/h3-5,10-11,14H,6-9H2,1-2H3/t10-,11?,14?,19?/m1/s1. The first kappa shape index (κ1) is 23.9. The smallest absolute Gasteiger partial charge is 0.425 e. The molecule has 1 aliphatic heterocycles. The van der Waals surface area contributed by atoms with E-state index in [1.807, 2.05) is 0 Å². The average Bonchev–Trinajstić information content (AvgIpc) is 3.43. The van der Waals surface area contributed by atoms with Gasteiger partial charge < -0.3 is 14.2 Å². The van der Waals surface area contributed by atoms with Crippen molar-refractivity contribution in [1.82, 2.24) is 15.0 Å². The Hall–Kier alpha value is -2.77. The number of alkyl halides is 5. The van der Waals surface area contributed by atoms with E-state index in [0.717, 1.165) is 31.4 Å². The van der Waals surface area contributed by atoms with Crippen molar-refractivity contribution in [2.75, 3.05) is 19.3 Å². The van der Waals surface area contributed by atoms with Crippen molar-refractivity contribution in [2.24, 2.45) is 5.92 Å². The summed E-state index contributed by atoms with van der Waals surface area (Å²) in [4.78, 5) is 18.6. The molecule has 0 radical (unpaired) electrons. The summed E-state index contributed by atoms with van der Waals surface area (Å²) in [5.41, 5.74) is -1.03. The Morgan fingerprint density at radius 3 is 2.57 bits per heavy atom. The number of halogens is 5. The van der Waals surface area contributed by atoms with Gasteiger partial charge in [-0.05, 0) is 37.5 Å². The first-order valence-corrected chi connectivity index (χ1v) is 12.6. The molecule has 1 amide bonds. The number of piperidine rings is 1. The van der Waals surface area contributed by atoms with Gasteiger partial charge in [0.25, 0.3) is 11.8 Å². The zero-order chi connectivity index (χ0) is 25.6. The first-order chi connectivity index (χ1) is 16.1. The fourth-order valence-electron chi connectivity index (χ4n) is 4.48.